The molecule has 1 aromatic rings. The lowest BCUT2D eigenvalue weighted by atomic mass is 10.1. The SMILES string of the molecule is COC(=O)c1cc(N)ccc1N1CCOC(C#N)C1. The Hall–Kier alpha value is -2.26. The van der Waals surface area contributed by atoms with Crippen molar-refractivity contribution in [2.45, 2.75) is 6.10 Å². The van der Waals surface area contributed by atoms with Gasteiger partial charge in [0.2, 0.25) is 0 Å². The third-order valence-corrected chi connectivity index (χ3v) is 2.98. The van der Waals surface area contributed by atoms with Crippen LogP contribution in [0.2, 0.25) is 0 Å². The van der Waals surface area contributed by atoms with Gasteiger partial charge in [-0.3, -0.25) is 0 Å². The lowest BCUT2D eigenvalue weighted by Crippen LogP contribution is -2.42. The Bertz CT molecular complexity index is 524. The maximum absolute atomic E-state index is 11.8. The van der Waals surface area contributed by atoms with Crippen LogP contribution in [0.3, 0.4) is 0 Å². The minimum atomic E-state index is -0.489. The molecule has 1 fully saturated rings. The van der Waals surface area contributed by atoms with Crippen molar-refractivity contribution in [2.24, 2.45) is 0 Å². The zero-order chi connectivity index (χ0) is 13.8. The van der Waals surface area contributed by atoms with Gasteiger partial charge in [0.1, 0.15) is 0 Å². The molecule has 1 unspecified atom stereocenters. The van der Waals surface area contributed by atoms with Crippen LogP contribution in [0.5, 0.6) is 0 Å². The van der Waals surface area contributed by atoms with Crippen LogP contribution in [-0.2, 0) is 9.47 Å². The van der Waals surface area contributed by atoms with Crippen molar-refractivity contribution < 1.29 is 14.3 Å². The molecule has 0 radical (unpaired) electrons. The Labute approximate surface area is 111 Å². The number of nitrogens with zero attached hydrogens (tertiary/aromatic N) is 2. The first-order valence-corrected chi connectivity index (χ1v) is 5.89. The largest absolute Gasteiger partial charge is 0.465 e. The van der Waals surface area contributed by atoms with Gasteiger partial charge in [-0.1, -0.05) is 0 Å². The predicted molar refractivity (Wildman–Crippen MR) is 69.8 cm³/mol. The van der Waals surface area contributed by atoms with Crippen molar-refractivity contribution in [3.63, 3.8) is 0 Å². The molecule has 100 valence electrons. The van der Waals surface area contributed by atoms with E-state index in [0.29, 0.717) is 36.6 Å². The number of rotatable bonds is 2. The summed E-state index contributed by atoms with van der Waals surface area (Å²) in [5.41, 5.74) is 7.31. The molecule has 1 aliphatic rings. The van der Waals surface area contributed by atoms with Crippen molar-refractivity contribution in [1.29, 1.82) is 5.26 Å². The number of benzene rings is 1. The second-order valence-electron chi connectivity index (χ2n) is 4.20. The summed E-state index contributed by atoms with van der Waals surface area (Å²) >= 11 is 0. The summed E-state index contributed by atoms with van der Waals surface area (Å²) in [5, 5.41) is 8.91. The smallest absolute Gasteiger partial charge is 0.340 e. The van der Waals surface area contributed by atoms with Gasteiger partial charge < -0.3 is 20.1 Å². The molecule has 0 amide bonds. The van der Waals surface area contributed by atoms with Crippen LogP contribution in [0.4, 0.5) is 11.4 Å². The Balaban J connectivity index is 2.33. The van der Waals surface area contributed by atoms with Gasteiger partial charge in [-0.15, -0.1) is 0 Å². The van der Waals surface area contributed by atoms with Crippen molar-refractivity contribution in [1.82, 2.24) is 0 Å². The number of carbonyl (C=O) groups is 1. The highest BCUT2D eigenvalue weighted by atomic mass is 16.5. The minimum Gasteiger partial charge on any atom is -0.465 e. The average molecular weight is 261 g/mol. The Morgan fingerprint density at radius 2 is 2.42 bits per heavy atom. The molecule has 0 aromatic heterocycles. The lowest BCUT2D eigenvalue weighted by molar-refractivity contribution is 0.0597. The van der Waals surface area contributed by atoms with E-state index in [1.165, 1.54) is 7.11 Å². The van der Waals surface area contributed by atoms with Crippen LogP contribution < -0.4 is 10.6 Å². The van der Waals surface area contributed by atoms with Gasteiger partial charge in [0.05, 0.1) is 37.6 Å². The summed E-state index contributed by atoms with van der Waals surface area (Å²) in [6, 6.07) is 7.14. The first-order valence-electron chi connectivity index (χ1n) is 5.89. The molecule has 0 aliphatic carbocycles. The molecule has 0 saturated carbocycles. The van der Waals surface area contributed by atoms with Crippen LogP contribution in [0, 0.1) is 11.3 Å². The van der Waals surface area contributed by atoms with E-state index in [-0.39, 0.29) is 0 Å². The molecule has 1 aliphatic heterocycles. The zero-order valence-corrected chi connectivity index (χ0v) is 10.6. The quantitative estimate of drug-likeness (QED) is 0.625. The highest BCUT2D eigenvalue weighted by molar-refractivity contribution is 5.97. The number of anilines is 2. The van der Waals surface area contributed by atoms with Gasteiger partial charge in [0.15, 0.2) is 6.10 Å². The molecule has 2 rings (SSSR count). The summed E-state index contributed by atoms with van der Waals surface area (Å²) < 4.78 is 10.0. The number of morpholine rings is 1. The fraction of sp³-hybridized carbons (Fsp3) is 0.385. The van der Waals surface area contributed by atoms with Crippen LogP contribution in [0.25, 0.3) is 0 Å². The lowest BCUT2D eigenvalue weighted by Gasteiger charge is -2.32. The highest BCUT2D eigenvalue weighted by Gasteiger charge is 2.24. The van der Waals surface area contributed by atoms with Crippen molar-refractivity contribution in [2.75, 3.05) is 37.4 Å². The van der Waals surface area contributed by atoms with Gasteiger partial charge in [-0.05, 0) is 18.2 Å². The van der Waals surface area contributed by atoms with Crippen LogP contribution >= 0.6 is 0 Å². The number of hydrogen-bond acceptors (Lipinski definition) is 6. The van der Waals surface area contributed by atoms with E-state index in [9.17, 15) is 4.79 Å². The molecule has 2 N–H and O–H groups in total. The molecule has 0 bridgehead atoms. The third kappa shape index (κ3) is 2.77. The van der Waals surface area contributed by atoms with Gasteiger partial charge in [0, 0.05) is 12.2 Å². The van der Waals surface area contributed by atoms with E-state index in [1.54, 1.807) is 18.2 Å². The van der Waals surface area contributed by atoms with Gasteiger partial charge in [0.25, 0.3) is 0 Å². The molecule has 0 spiro atoms. The molecule has 1 aromatic carbocycles. The molecule has 19 heavy (non-hydrogen) atoms. The highest BCUT2D eigenvalue weighted by Crippen LogP contribution is 2.25. The van der Waals surface area contributed by atoms with E-state index in [2.05, 4.69) is 6.07 Å². The van der Waals surface area contributed by atoms with Crippen molar-refractivity contribution in [3.8, 4) is 6.07 Å². The van der Waals surface area contributed by atoms with Crippen molar-refractivity contribution >= 4 is 17.3 Å². The monoisotopic (exact) mass is 261 g/mol. The van der Waals surface area contributed by atoms with E-state index < -0.39 is 12.1 Å². The first kappa shape index (κ1) is 13.2. The topological polar surface area (TPSA) is 88.6 Å². The normalized spacial score (nSPS) is 18.7. The summed E-state index contributed by atoms with van der Waals surface area (Å²) in [5.74, 6) is -0.442. The summed E-state index contributed by atoms with van der Waals surface area (Å²) in [6.45, 7) is 1.49. The fourth-order valence-electron chi connectivity index (χ4n) is 2.05. The molecule has 1 heterocycles. The van der Waals surface area contributed by atoms with Gasteiger partial charge >= 0.3 is 5.97 Å². The zero-order valence-electron chi connectivity index (χ0n) is 10.6. The number of nitriles is 1. The molecule has 1 atom stereocenters. The van der Waals surface area contributed by atoms with Gasteiger partial charge in [-0.25, -0.2) is 4.79 Å². The second kappa shape index (κ2) is 5.59. The average Bonchev–Trinajstić information content (AvgIpc) is 2.46. The number of nitrogen functional groups attached to an aromatic ring is 1. The summed E-state index contributed by atoms with van der Waals surface area (Å²) in [6.07, 6.45) is -0.489. The Morgan fingerprint density at radius 1 is 1.63 bits per heavy atom. The first-order chi connectivity index (χ1) is 9.15. The van der Waals surface area contributed by atoms with Crippen molar-refractivity contribution in [3.05, 3.63) is 23.8 Å². The maximum atomic E-state index is 11.8. The number of nitrogens with two attached hydrogens (primary N) is 1. The van der Waals surface area contributed by atoms with E-state index in [4.69, 9.17) is 20.5 Å². The van der Waals surface area contributed by atoms with Crippen LogP contribution in [-0.4, -0.2) is 38.9 Å². The van der Waals surface area contributed by atoms with E-state index in [0.717, 1.165) is 0 Å². The summed E-state index contributed by atoms with van der Waals surface area (Å²) in [7, 11) is 1.33. The molecule has 1 saturated heterocycles. The number of ether oxygens (including phenoxy) is 2. The molecule has 6 heteroatoms. The third-order valence-electron chi connectivity index (χ3n) is 2.98. The second-order valence-corrected chi connectivity index (χ2v) is 4.20. The fourth-order valence-corrected chi connectivity index (χ4v) is 2.05. The summed E-state index contributed by atoms with van der Waals surface area (Å²) in [4.78, 5) is 13.7. The van der Waals surface area contributed by atoms with E-state index in [1.807, 2.05) is 4.90 Å². The van der Waals surface area contributed by atoms with Crippen LogP contribution in [0.15, 0.2) is 18.2 Å². The Kier molecular flexibility index (Phi) is 3.88. The van der Waals surface area contributed by atoms with Crippen LogP contribution in [0.1, 0.15) is 10.4 Å². The molecule has 6 nitrogen and oxygen atoms in total. The van der Waals surface area contributed by atoms with E-state index >= 15 is 0 Å². The number of esters is 1. The number of carbonyl (C=O) groups excluding carboxylic acids is 1. The standard InChI is InChI=1S/C13H15N3O3/c1-18-13(17)11-6-9(15)2-3-12(11)16-4-5-19-10(7-14)8-16/h2-3,6,10H,4-5,8,15H2,1H3. The predicted octanol–water partition coefficient (Wildman–Crippen LogP) is 0.784. The van der Waals surface area contributed by atoms with Gasteiger partial charge in [-0.2, -0.15) is 5.26 Å². The Morgan fingerprint density at radius 3 is 3.11 bits per heavy atom. The molecular formula is C13H15N3O3. The maximum Gasteiger partial charge on any atom is 0.340 e. The minimum absolute atomic E-state index is 0.404. The number of hydrogen-bond donors (Lipinski definition) is 1. The molecular weight excluding hydrogens is 246 g/mol. The number of methoxy groups -OCH3 is 1.